The average Bonchev–Trinajstić information content (AvgIpc) is 3.27. The minimum atomic E-state index is -1.68. The maximum atomic E-state index is 8.89. The first-order valence-electron chi connectivity index (χ1n) is 22.8. The van der Waals surface area contributed by atoms with E-state index in [0.717, 1.165) is 25.2 Å². The average molecular weight is 865 g/mol. The molecular weight excluding hydrogens is 799 g/mol. The van der Waals surface area contributed by atoms with Crippen molar-refractivity contribution in [2.24, 2.45) is 0 Å². The van der Waals surface area contributed by atoms with Gasteiger partial charge < -0.3 is 19.8 Å². The molecule has 0 spiro atoms. The van der Waals surface area contributed by atoms with Gasteiger partial charge in [-0.15, -0.1) is 0 Å². The summed E-state index contributed by atoms with van der Waals surface area (Å²) in [5, 5.41) is 27.1. The Labute approximate surface area is 373 Å². The van der Waals surface area contributed by atoms with Gasteiger partial charge >= 0.3 is 0 Å². The molecule has 0 heterocycles. The fourth-order valence-electron chi connectivity index (χ4n) is 9.78. The van der Waals surface area contributed by atoms with Gasteiger partial charge in [-0.3, -0.25) is 0 Å². The molecule has 6 heteroatoms. The van der Waals surface area contributed by atoms with Crippen molar-refractivity contribution in [3.8, 4) is 0 Å². The Hall–Kier alpha value is -4.88. The van der Waals surface area contributed by atoms with Crippen LogP contribution in [-0.4, -0.2) is 23.3 Å². The zero-order valence-electron chi connectivity index (χ0n) is 36.9. The van der Waals surface area contributed by atoms with Gasteiger partial charge in [0.05, 0.1) is 11.3 Å². The lowest BCUT2D eigenvalue weighted by atomic mass is 10.0. The van der Waals surface area contributed by atoms with Crippen LogP contribution >= 0.6 is 14.5 Å². The molecule has 62 heavy (non-hydrogen) atoms. The Balaban J connectivity index is 0.000000200. The number of hydrogen-bond acceptors (Lipinski definition) is 4. The van der Waals surface area contributed by atoms with Gasteiger partial charge in [-0.1, -0.05) is 148 Å². The molecule has 0 bridgehead atoms. The fraction of sp³-hybridized carbons (Fsp3) is 0.321. The van der Waals surface area contributed by atoms with E-state index in [2.05, 4.69) is 182 Å². The van der Waals surface area contributed by atoms with E-state index in [1.807, 2.05) is 0 Å². The molecule has 0 unspecified atom stereocenters. The molecule has 0 aliphatic heterocycles. The van der Waals surface area contributed by atoms with E-state index < -0.39 is 26.5 Å². The van der Waals surface area contributed by atoms with Crippen LogP contribution in [0.2, 0.25) is 0 Å². The molecule has 2 aliphatic rings. The van der Waals surface area contributed by atoms with Crippen LogP contribution in [-0.2, 0) is 9.59 Å². The summed E-state index contributed by atoms with van der Waals surface area (Å²) in [5.74, 6) is -2.17. The normalized spacial score (nSPS) is 15.1. The minimum Gasteiger partial charge on any atom is -0.550 e. The number of hydrogen-bond donors (Lipinski definition) is 0. The first-order chi connectivity index (χ1) is 30.3. The Morgan fingerprint density at radius 1 is 0.323 bits per heavy atom. The quantitative estimate of drug-likeness (QED) is 0.143. The third-order valence-electron chi connectivity index (χ3n) is 12.2. The lowest BCUT2D eigenvalue weighted by Crippen LogP contribution is -2.39. The number of carbonyl (C=O) groups is 2. The predicted octanol–water partition coefficient (Wildman–Crippen LogP) is 9.70. The smallest absolute Gasteiger partial charge is 0.115 e. The highest BCUT2D eigenvalue weighted by molar-refractivity contribution is 7.96. The molecule has 4 nitrogen and oxygen atoms in total. The van der Waals surface area contributed by atoms with Gasteiger partial charge in [0.15, 0.2) is 0 Å². The van der Waals surface area contributed by atoms with Crippen molar-refractivity contribution in [1.29, 1.82) is 0 Å². The molecule has 0 radical (unpaired) electrons. The SMILES string of the molecule is CC(=O)[O-].CC(=O)[O-].c1ccc([P+](c2ccccc2)(c2ccccc2)C2CCCCCCC2)cc1.c1ccc([P+](c2ccccc2)(c2ccccc2)C2CCCCCCC2)cc1. The molecule has 324 valence electrons. The Morgan fingerprint density at radius 2 is 0.468 bits per heavy atom. The van der Waals surface area contributed by atoms with Crippen molar-refractivity contribution < 1.29 is 19.8 Å². The third kappa shape index (κ3) is 13.1. The van der Waals surface area contributed by atoms with Crippen LogP contribution in [0, 0.1) is 0 Å². The van der Waals surface area contributed by atoms with E-state index >= 15 is 0 Å². The van der Waals surface area contributed by atoms with Crippen LogP contribution in [0.15, 0.2) is 182 Å². The topological polar surface area (TPSA) is 80.3 Å². The molecule has 2 saturated carbocycles. The van der Waals surface area contributed by atoms with Gasteiger partial charge in [0.2, 0.25) is 0 Å². The van der Waals surface area contributed by atoms with Crippen LogP contribution in [0.4, 0.5) is 0 Å². The van der Waals surface area contributed by atoms with Gasteiger partial charge in [0.25, 0.3) is 0 Å². The Morgan fingerprint density at radius 3 is 0.629 bits per heavy atom. The summed E-state index contributed by atoms with van der Waals surface area (Å²) in [4.78, 5) is 17.8. The van der Waals surface area contributed by atoms with E-state index in [0.29, 0.717) is 0 Å². The zero-order chi connectivity index (χ0) is 43.9. The number of carboxylic acids is 2. The maximum absolute atomic E-state index is 8.89. The van der Waals surface area contributed by atoms with Gasteiger partial charge in [0, 0.05) is 11.9 Å². The zero-order valence-corrected chi connectivity index (χ0v) is 38.7. The first kappa shape index (κ1) is 48.2. The second-order valence-corrected chi connectivity index (χ2v) is 23.9. The summed E-state index contributed by atoms with van der Waals surface area (Å²) >= 11 is 0. The molecular formula is C56H66O4P2. The van der Waals surface area contributed by atoms with E-state index in [9.17, 15) is 0 Å². The summed E-state index contributed by atoms with van der Waals surface area (Å²) in [7, 11) is -3.35. The molecule has 8 rings (SSSR count). The van der Waals surface area contributed by atoms with E-state index in [1.165, 1.54) is 89.9 Å². The van der Waals surface area contributed by atoms with E-state index in [1.54, 1.807) is 31.8 Å². The van der Waals surface area contributed by atoms with Gasteiger partial charge in [-0.25, -0.2) is 0 Å². The lowest BCUT2D eigenvalue weighted by molar-refractivity contribution is -0.303. The van der Waals surface area contributed by atoms with Crippen LogP contribution < -0.4 is 42.0 Å². The highest BCUT2D eigenvalue weighted by atomic mass is 31.2. The van der Waals surface area contributed by atoms with Crippen LogP contribution in [0.1, 0.15) is 104 Å². The number of rotatable bonds is 8. The summed E-state index contributed by atoms with van der Waals surface area (Å²) in [6.07, 6.45) is 19.3. The second kappa shape index (κ2) is 25.9. The number of benzene rings is 6. The second-order valence-electron chi connectivity index (χ2n) is 16.4. The Bertz CT molecular complexity index is 1760. The molecule has 0 aromatic heterocycles. The summed E-state index contributed by atoms with van der Waals surface area (Å²) in [6, 6.07) is 68.5. The first-order valence-corrected chi connectivity index (χ1v) is 26.5. The molecule has 2 aliphatic carbocycles. The molecule has 2 fully saturated rings. The minimum absolute atomic E-state index is 0.741. The number of aliphatic carboxylic acids is 2. The Kier molecular flexibility index (Phi) is 20.1. The molecule has 6 aromatic rings. The lowest BCUT2D eigenvalue weighted by Gasteiger charge is -2.35. The van der Waals surface area contributed by atoms with Crippen molar-refractivity contribution in [2.45, 2.75) is 115 Å². The predicted molar refractivity (Wildman–Crippen MR) is 264 cm³/mol. The van der Waals surface area contributed by atoms with E-state index in [4.69, 9.17) is 19.8 Å². The standard InChI is InChI=1S/2C26H30P.2C2H4O2/c2*1-2-7-15-23(16-8-3-1)27(24-17-9-4-10-18-24,25-19-11-5-12-20-25)26-21-13-6-14-22-26;2*1-2(3)4/h2*4-6,9-14,17-23H,1-3,7-8,15-16H2;2*1H3,(H,3,4)/q2*+1;;/p-2. The third-order valence-corrected chi connectivity index (χ3v) is 22.1. The van der Waals surface area contributed by atoms with Crippen LogP contribution in [0.3, 0.4) is 0 Å². The molecule has 0 amide bonds. The summed E-state index contributed by atoms with van der Waals surface area (Å²) in [6.45, 7) is 1.94. The fourth-order valence-corrected chi connectivity index (χ4v) is 20.2. The highest BCUT2D eigenvalue weighted by Gasteiger charge is 2.52. The molecule has 0 saturated heterocycles. The number of carbonyl (C=O) groups excluding carboxylic acids is 2. The summed E-state index contributed by atoms with van der Waals surface area (Å²) < 4.78 is 0. The largest absolute Gasteiger partial charge is 0.550 e. The summed E-state index contributed by atoms with van der Waals surface area (Å²) in [5.41, 5.74) is 1.48. The monoisotopic (exact) mass is 864 g/mol. The molecule has 0 atom stereocenters. The van der Waals surface area contributed by atoms with Crippen molar-refractivity contribution in [2.75, 3.05) is 0 Å². The van der Waals surface area contributed by atoms with Gasteiger partial charge in [-0.05, 0) is 138 Å². The van der Waals surface area contributed by atoms with Gasteiger partial charge in [0.1, 0.15) is 46.4 Å². The van der Waals surface area contributed by atoms with E-state index in [-0.39, 0.29) is 0 Å². The van der Waals surface area contributed by atoms with Crippen molar-refractivity contribution in [1.82, 2.24) is 0 Å². The van der Waals surface area contributed by atoms with Crippen molar-refractivity contribution in [3.63, 3.8) is 0 Å². The van der Waals surface area contributed by atoms with Crippen molar-refractivity contribution >= 4 is 58.3 Å². The van der Waals surface area contributed by atoms with Gasteiger partial charge in [-0.2, -0.15) is 0 Å². The number of carboxylic acid groups (broad SMARTS) is 2. The van der Waals surface area contributed by atoms with Crippen molar-refractivity contribution in [3.05, 3.63) is 182 Å². The van der Waals surface area contributed by atoms with Crippen LogP contribution in [0.5, 0.6) is 0 Å². The van der Waals surface area contributed by atoms with Crippen LogP contribution in [0.25, 0.3) is 0 Å². The maximum Gasteiger partial charge on any atom is 0.115 e. The highest BCUT2D eigenvalue weighted by Crippen LogP contribution is 2.64. The molecule has 6 aromatic carbocycles. The molecule has 0 N–H and O–H groups in total.